The summed E-state index contributed by atoms with van der Waals surface area (Å²) in [5.74, 6) is 0.156. The van der Waals surface area contributed by atoms with Crippen LogP contribution in [-0.4, -0.2) is 24.0 Å². The van der Waals surface area contributed by atoms with Crippen LogP contribution < -0.4 is 11.1 Å². The van der Waals surface area contributed by atoms with E-state index in [-0.39, 0.29) is 24.6 Å². The highest BCUT2D eigenvalue weighted by atomic mass is 16.3. The van der Waals surface area contributed by atoms with Crippen molar-refractivity contribution in [3.05, 3.63) is 24.3 Å². The predicted molar refractivity (Wildman–Crippen MR) is 50.7 cm³/mol. The van der Waals surface area contributed by atoms with Gasteiger partial charge in [-0.05, 0) is 24.3 Å². The molecule has 0 radical (unpaired) electrons. The van der Waals surface area contributed by atoms with Gasteiger partial charge in [0.1, 0.15) is 5.75 Å². The number of phenolic OH excluding ortho intramolecular Hbond substituents is 1. The van der Waals surface area contributed by atoms with E-state index in [9.17, 15) is 4.79 Å². The quantitative estimate of drug-likeness (QED) is 0.584. The summed E-state index contributed by atoms with van der Waals surface area (Å²) in [7, 11) is 0. The molecule has 4 heteroatoms. The van der Waals surface area contributed by atoms with Crippen LogP contribution in [0.25, 0.3) is 0 Å². The van der Waals surface area contributed by atoms with Crippen molar-refractivity contribution in [3.8, 4) is 5.75 Å². The van der Waals surface area contributed by atoms with Gasteiger partial charge in [0.05, 0.1) is 13.1 Å². The molecule has 0 bridgehead atoms. The fraction of sp³-hybridized carbons (Fsp3) is 0.222. The summed E-state index contributed by atoms with van der Waals surface area (Å²) in [4.78, 5) is 10.8. The molecule has 0 aliphatic rings. The lowest BCUT2D eigenvalue weighted by molar-refractivity contribution is -0.116. The van der Waals surface area contributed by atoms with Crippen molar-refractivity contribution in [2.45, 2.75) is 0 Å². The number of hydrogen-bond acceptors (Lipinski definition) is 4. The first-order valence-corrected chi connectivity index (χ1v) is 3.97. The Labute approximate surface area is 76.4 Å². The predicted octanol–water partition coefficient (Wildman–Crippen LogP) is 0.332. The maximum Gasteiger partial charge on any atom is 0.165 e. The molecule has 0 atom stereocenters. The van der Waals surface area contributed by atoms with Crippen LogP contribution in [0.3, 0.4) is 0 Å². The Balaban J connectivity index is 2.46. The Morgan fingerprint density at radius 3 is 2.54 bits per heavy atom. The fourth-order valence-electron chi connectivity index (χ4n) is 0.852. The molecule has 1 aromatic carbocycles. The summed E-state index contributed by atoms with van der Waals surface area (Å²) < 4.78 is 0. The summed E-state index contributed by atoms with van der Waals surface area (Å²) in [6.45, 7) is 0.270. The van der Waals surface area contributed by atoms with E-state index in [2.05, 4.69) is 5.32 Å². The first-order chi connectivity index (χ1) is 6.22. The molecule has 4 nitrogen and oxygen atoms in total. The van der Waals surface area contributed by atoms with Crippen LogP contribution in [0.1, 0.15) is 0 Å². The van der Waals surface area contributed by atoms with Gasteiger partial charge in [0.2, 0.25) is 0 Å². The number of ketones is 1. The number of phenols is 1. The number of carbonyl (C=O) groups excluding carboxylic acids is 1. The maximum atomic E-state index is 10.8. The number of nitrogens with two attached hydrogens (primary N) is 1. The Morgan fingerprint density at radius 2 is 2.00 bits per heavy atom. The molecule has 0 aromatic heterocycles. The second kappa shape index (κ2) is 4.47. The summed E-state index contributed by atoms with van der Waals surface area (Å²) in [6.07, 6.45) is 0. The number of anilines is 1. The third-order valence-electron chi connectivity index (χ3n) is 1.58. The topological polar surface area (TPSA) is 75.4 Å². The van der Waals surface area contributed by atoms with Crippen LogP contribution in [0, 0.1) is 0 Å². The summed E-state index contributed by atoms with van der Waals surface area (Å²) in [5.41, 5.74) is 5.92. The lowest BCUT2D eigenvalue weighted by Crippen LogP contribution is -2.22. The molecule has 4 N–H and O–H groups in total. The molecule has 0 aliphatic carbocycles. The van der Waals surface area contributed by atoms with Crippen molar-refractivity contribution in [1.82, 2.24) is 0 Å². The standard InChI is InChI=1S/C9H12N2O2/c10-5-9(13)6-11-7-1-3-8(12)4-2-7/h1-4,11-12H,5-6,10H2. The highest BCUT2D eigenvalue weighted by molar-refractivity contribution is 5.84. The molecule has 0 spiro atoms. The van der Waals surface area contributed by atoms with Crippen LogP contribution >= 0.6 is 0 Å². The van der Waals surface area contributed by atoms with Crippen molar-refractivity contribution in [2.75, 3.05) is 18.4 Å². The van der Waals surface area contributed by atoms with E-state index in [1.165, 1.54) is 0 Å². The monoisotopic (exact) mass is 180 g/mol. The largest absolute Gasteiger partial charge is 0.508 e. The number of hydrogen-bond donors (Lipinski definition) is 3. The molecule has 0 heterocycles. The van der Waals surface area contributed by atoms with Gasteiger partial charge >= 0.3 is 0 Å². The molecule has 70 valence electrons. The third-order valence-corrected chi connectivity index (χ3v) is 1.58. The van der Waals surface area contributed by atoms with E-state index < -0.39 is 0 Å². The molecule has 13 heavy (non-hydrogen) atoms. The summed E-state index contributed by atoms with van der Waals surface area (Å²) in [6, 6.07) is 6.49. The van der Waals surface area contributed by atoms with Crippen LogP contribution in [0.4, 0.5) is 5.69 Å². The Bertz CT molecular complexity index is 282. The van der Waals surface area contributed by atoms with Gasteiger partial charge in [-0.25, -0.2) is 0 Å². The first kappa shape index (κ1) is 9.54. The van der Waals surface area contributed by atoms with Crippen LogP contribution in [-0.2, 0) is 4.79 Å². The van der Waals surface area contributed by atoms with Crippen molar-refractivity contribution in [2.24, 2.45) is 5.73 Å². The third kappa shape index (κ3) is 3.13. The average Bonchev–Trinajstić information content (AvgIpc) is 2.16. The van der Waals surface area contributed by atoms with E-state index in [0.717, 1.165) is 5.69 Å². The molecule has 0 fully saturated rings. The maximum absolute atomic E-state index is 10.8. The smallest absolute Gasteiger partial charge is 0.165 e. The van der Waals surface area contributed by atoms with Crippen LogP contribution in [0.5, 0.6) is 5.75 Å². The number of carbonyl (C=O) groups is 1. The lowest BCUT2D eigenvalue weighted by Gasteiger charge is -2.03. The van der Waals surface area contributed by atoms with Crippen molar-refractivity contribution >= 4 is 11.5 Å². The normalized spacial score (nSPS) is 9.62. The van der Waals surface area contributed by atoms with Crippen molar-refractivity contribution < 1.29 is 9.90 Å². The molecule has 0 amide bonds. The first-order valence-electron chi connectivity index (χ1n) is 3.97. The molecule has 0 saturated carbocycles. The molecular weight excluding hydrogens is 168 g/mol. The Kier molecular flexibility index (Phi) is 3.28. The Hall–Kier alpha value is -1.55. The zero-order chi connectivity index (χ0) is 9.68. The highest BCUT2D eigenvalue weighted by Gasteiger charge is 1.97. The number of rotatable bonds is 4. The average molecular weight is 180 g/mol. The zero-order valence-electron chi connectivity index (χ0n) is 7.16. The molecule has 0 aliphatic heterocycles. The van der Waals surface area contributed by atoms with E-state index in [0.29, 0.717) is 0 Å². The molecule has 1 rings (SSSR count). The zero-order valence-corrected chi connectivity index (χ0v) is 7.16. The van der Waals surface area contributed by atoms with Gasteiger partial charge in [0.25, 0.3) is 0 Å². The number of aromatic hydroxyl groups is 1. The minimum atomic E-state index is -0.0481. The molecule has 0 unspecified atom stereocenters. The highest BCUT2D eigenvalue weighted by Crippen LogP contribution is 2.12. The van der Waals surface area contributed by atoms with Crippen molar-refractivity contribution in [1.29, 1.82) is 0 Å². The van der Waals surface area contributed by atoms with Crippen molar-refractivity contribution in [3.63, 3.8) is 0 Å². The van der Waals surface area contributed by atoms with Gasteiger partial charge in [0.15, 0.2) is 5.78 Å². The van der Waals surface area contributed by atoms with Gasteiger partial charge in [-0.15, -0.1) is 0 Å². The Morgan fingerprint density at radius 1 is 1.38 bits per heavy atom. The summed E-state index contributed by atoms with van der Waals surface area (Å²) >= 11 is 0. The number of Topliss-reactive ketones (excluding diaryl/α,β-unsaturated/α-hetero) is 1. The second-order valence-electron chi connectivity index (χ2n) is 2.64. The van der Waals surface area contributed by atoms with E-state index in [4.69, 9.17) is 10.8 Å². The molecule has 1 aromatic rings. The van der Waals surface area contributed by atoms with Gasteiger partial charge in [-0.3, -0.25) is 4.79 Å². The number of benzene rings is 1. The van der Waals surface area contributed by atoms with E-state index in [1.54, 1.807) is 24.3 Å². The molecular formula is C9H12N2O2. The minimum Gasteiger partial charge on any atom is -0.508 e. The van der Waals surface area contributed by atoms with Gasteiger partial charge in [-0.2, -0.15) is 0 Å². The lowest BCUT2D eigenvalue weighted by atomic mass is 10.3. The minimum absolute atomic E-state index is 0.0467. The van der Waals surface area contributed by atoms with Gasteiger partial charge < -0.3 is 16.2 Å². The SMILES string of the molecule is NCC(=O)CNc1ccc(O)cc1. The van der Waals surface area contributed by atoms with Crippen LogP contribution in [0.15, 0.2) is 24.3 Å². The van der Waals surface area contributed by atoms with E-state index in [1.807, 2.05) is 0 Å². The van der Waals surface area contributed by atoms with Gasteiger partial charge in [-0.1, -0.05) is 0 Å². The molecule has 0 saturated heterocycles. The fourth-order valence-corrected chi connectivity index (χ4v) is 0.852. The van der Waals surface area contributed by atoms with Crippen LogP contribution in [0.2, 0.25) is 0 Å². The van der Waals surface area contributed by atoms with E-state index >= 15 is 0 Å². The summed E-state index contributed by atoms with van der Waals surface area (Å²) in [5, 5.41) is 11.8. The second-order valence-corrected chi connectivity index (χ2v) is 2.64. The number of nitrogens with one attached hydrogen (secondary N) is 1. The van der Waals surface area contributed by atoms with Gasteiger partial charge in [0, 0.05) is 5.69 Å².